The SMILES string of the molecule is COc1ccc2ncc(Cl)c(C(N)CCC3CCN(CCSc4cccc(F)c4)CC3C(=O)O)c2c1. The average Bonchev–Trinajstić information content (AvgIpc) is 2.87. The highest BCUT2D eigenvalue weighted by Gasteiger charge is 2.34. The number of benzene rings is 2. The number of carboxylic acids is 1. The number of piperidine rings is 1. The van der Waals surface area contributed by atoms with E-state index in [1.165, 1.54) is 12.1 Å². The first-order valence-electron chi connectivity index (χ1n) is 12.1. The van der Waals surface area contributed by atoms with E-state index in [0.29, 0.717) is 30.2 Å². The molecule has 3 N–H and O–H groups in total. The van der Waals surface area contributed by atoms with Gasteiger partial charge in [-0.1, -0.05) is 17.7 Å². The molecule has 3 atom stereocenters. The summed E-state index contributed by atoms with van der Waals surface area (Å²) in [7, 11) is 1.61. The summed E-state index contributed by atoms with van der Waals surface area (Å²) in [5, 5.41) is 11.3. The zero-order valence-corrected chi connectivity index (χ0v) is 21.8. The van der Waals surface area contributed by atoms with Crippen molar-refractivity contribution in [2.24, 2.45) is 17.6 Å². The van der Waals surface area contributed by atoms with E-state index in [9.17, 15) is 14.3 Å². The molecule has 0 spiro atoms. The Labute approximate surface area is 220 Å². The van der Waals surface area contributed by atoms with Crippen LogP contribution in [0.25, 0.3) is 10.9 Å². The van der Waals surface area contributed by atoms with Crippen LogP contribution >= 0.6 is 23.4 Å². The van der Waals surface area contributed by atoms with Crippen molar-refractivity contribution in [2.75, 3.05) is 32.5 Å². The Hall–Kier alpha value is -2.39. The lowest BCUT2D eigenvalue weighted by Gasteiger charge is -2.37. The van der Waals surface area contributed by atoms with E-state index in [1.807, 2.05) is 24.3 Å². The van der Waals surface area contributed by atoms with Crippen LogP contribution in [0.2, 0.25) is 5.02 Å². The van der Waals surface area contributed by atoms with E-state index >= 15 is 0 Å². The van der Waals surface area contributed by atoms with Crippen molar-refractivity contribution in [3.05, 3.63) is 65.1 Å². The van der Waals surface area contributed by atoms with Crippen LogP contribution in [-0.4, -0.2) is 53.5 Å². The third kappa shape index (κ3) is 6.48. The van der Waals surface area contributed by atoms with Crippen LogP contribution in [0.4, 0.5) is 4.39 Å². The summed E-state index contributed by atoms with van der Waals surface area (Å²) in [6.07, 6.45) is 3.74. The number of nitrogens with zero attached hydrogens (tertiary/aromatic N) is 2. The van der Waals surface area contributed by atoms with Crippen molar-refractivity contribution < 1.29 is 19.0 Å². The number of carboxylic acid groups (broad SMARTS) is 1. The first-order chi connectivity index (χ1) is 17.4. The molecule has 0 radical (unpaired) electrons. The predicted octanol–water partition coefficient (Wildman–Crippen LogP) is 5.63. The predicted molar refractivity (Wildman–Crippen MR) is 142 cm³/mol. The Morgan fingerprint density at radius 1 is 1.36 bits per heavy atom. The molecule has 1 saturated heterocycles. The molecule has 1 aliphatic rings. The van der Waals surface area contributed by atoms with E-state index in [2.05, 4.69) is 9.88 Å². The van der Waals surface area contributed by atoms with Gasteiger partial charge in [-0.25, -0.2) is 4.39 Å². The molecule has 36 heavy (non-hydrogen) atoms. The van der Waals surface area contributed by atoms with E-state index in [4.69, 9.17) is 22.1 Å². The van der Waals surface area contributed by atoms with Crippen LogP contribution in [-0.2, 0) is 4.79 Å². The number of fused-ring (bicyclic) bond motifs is 1. The molecule has 0 bridgehead atoms. The zero-order chi connectivity index (χ0) is 25.7. The maximum Gasteiger partial charge on any atom is 0.308 e. The molecule has 1 aromatic heterocycles. The smallest absolute Gasteiger partial charge is 0.308 e. The van der Waals surface area contributed by atoms with Crippen molar-refractivity contribution in [3.63, 3.8) is 0 Å². The van der Waals surface area contributed by atoms with Gasteiger partial charge in [0.2, 0.25) is 0 Å². The van der Waals surface area contributed by atoms with E-state index < -0.39 is 11.9 Å². The number of rotatable bonds is 10. The molecule has 2 heterocycles. The summed E-state index contributed by atoms with van der Waals surface area (Å²) in [6, 6.07) is 11.8. The number of hydrogen-bond donors (Lipinski definition) is 2. The number of nitrogens with two attached hydrogens (primary N) is 1. The highest BCUT2D eigenvalue weighted by Crippen LogP contribution is 2.36. The minimum absolute atomic E-state index is 0.0436. The highest BCUT2D eigenvalue weighted by molar-refractivity contribution is 7.99. The molecule has 2 aromatic carbocycles. The van der Waals surface area contributed by atoms with Crippen LogP contribution in [0, 0.1) is 17.7 Å². The topological polar surface area (TPSA) is 88.7 Å². The molecule has 0 saturated carbocycles. The van der Waals surface area contributed by atoms with Gasteiger partial charge in [0.25, 0.3) is 0 Å². The third-order valence-electron chi connectivity index (χ3n) is 6.92. The second-order valence-corrected chi connectivity index (χ2v) is 10.8. The lowest BCUT2D eigenvalue weighted by atomic mass is 9.81. The van der Waals surface area contributed by atoms with Crippen molar-refractivity contribution in [2.45, 2.75) is 30.2 Å². The summed E-state index contributed by atoms with van der Waals surface area (Å²) < 4.78 is 18.8. The lowest BCUT2D eigenvalue weighted by Crippen LogP contribution is -2.44. The van der Waals surface area contributed by atoms with Crippen LogP contribution in [0.5, 0.6) is 5.75 Å². The van der Waals surface area contributed by atoms with Gasteiger partial charge in [-0.05, 0) is 73.7 Å². The van der Waals surface area contributed by atoms with Gasteiger partial charge in [0.05, 0.1) is 23.6 Å². The Balaban J connectivity index is 1.36. The number of aromatic nitrogens is 1. The molecular weight excluding hydrogens is 501 g/mol. The van der Waals surface area contributed by atoms with Crippen molar-refractivity contribution in [1.82, 2.24) is 9.88 Å². The van der Waals surface area contributed by atoms with Crippen LogP contribution in [0.15, 0.2) is 53.6 Å². The average molecular weight is 532 g/mol. The van der Waals surface area contributed by atoms with Gasteiger partial charge < -0.3 is 20.5 Å². The fraction of sp³-hybridized carbons (Fsp3) is 0.407. The second kappa shape index (κ2) is 12.2. The Morgan fingerprint density at radius 3 is 2.94 bits per heavy atom. The Morgan fingerprint density at radius 2 is 2.19 bits per heavy atom. The molecule has 4 rings (SSSR count). The maximum absolute atomic E-state index is 13.4. The van der Waals surface area contributed by atoms with Gasteiger partial charge in [0.1, 0.15) is 11.6 Å². The lowest BCUT2D eigenvalue weighted by molar-refractivity contribution is -0.146. The quantitative estimate of drug-likeness (QED) is 0.328. The second-order valence-electron chi connectivity index (χ2n) is 9.19. The first kappa shape index (κ1) is 26.7. The number of ether oxygens (including phenoxy) is 1. The van der Waals surface area contributed by atoms with Gasteiger partial charge >= 0.3 is 5.97 Å². The number of thioether (sulfide) groups is 1. The number of hydrogen-bond acceptors (Lipinski definition) is 6. The standard InChI is InChI=1S/C27H31ClFN3O3S/c1-35-19-6-8-25-21(14-19)26(23(28)15-31-25)24(30)7-5-17-9-10-32(16-22(17)27(33)34)11-12-36-20-4-2-3-18(29)13-20/h2-4,6,8,13-15,17,22,24H,5,7,9-12,16,30H2,1H3,(H,33,34). The van der Waals surface area contributed by atoms with E-state index in [1.54, 1.807) is 31.1 Å². The fourth-order valence-corrected chi connectivity index (χ4v) is 6.20. The minimum atomic E-state index is -0.770. The molecular formula is C27H31ClFN3O3S. The minimum Gasteiger partial charge on any atom is -0.497 e. The first-order valence-corrected chi connectivity index (χ1v) is 13.4. The van der Waals surface area contributed by atoms with Crippen LogP contribution < -0.4 is 10.5 Å². The van der Waals surface area contributed by atoms with Gasteiger partial charge in [0, 0.05) is 41.4 Å². The summed E-state index contributed by atoms with van der Waals surface area (Å²) in [6.45, 7) is 2.11. The number of likely N-dealkylation sites (tertiary alicyclic amines) is 1. The fourth-order valence-electron chi connectivity index (χ4n) is 4.96. The molecule has 0 amide bonds. The largest absolute Gasteiger partial charge is 0.497 e. The van der Waals surface area contributed by atoms with Gasteiger partial charge in [-0.2, -0.15) is 0 Å². The Bertz CT molecular complexity index is 1210. The maximum atomic E-state index is 13.4. The van der Waals surface area contributed by atoms with Crippen LogP contribution in [0.1, 0.15) is 30.9 Å². The number of halogens is 2. The normalized spacial score (nSPS) is 19.3. The molecule has 1 fully saturated rings. The van der Waals surface area contributed by atoms with Gasteiger partial charge in [-0.15, -0.1) is 11.8 Å². The van der Waals surface area contributed by atoms with Crippen LogP contribution in [0.3, 0.4) is 0 Å². The molecule has 9 heteroatoms. The van der Waals surface area contributed by atoms with Gasteiger partial charge in [0.15, 0.2) is 0 Å². The number of methoxy groups -OCH3 is 1. The highest BCUT2D eigenvalue weighted by atomic mass is 35.5. The molecule has 0 aliphatic carbocycles. The number of carbonyl (C=O) groups is 1. The van der Waals surface area contributed by atoms with E-state index in [0.717, 1.165) is 46.6 Å². The van der Waals surface area contributed by atoms with Crippen molar-refractivity contribution >= 4 is 40.2 Å². The number of pyridine rings is 1. The van der Waals surface area contributed by atoms with Crippen molar-refractivity contribution in [1.29, 1.82) is 0 Å². The zero-order valence-electron chi connectivity index (χ0n) is 20.2. The monoisotopic (exact) mass is 531 g/mol. The molecule has 3 unspecified atom stereocenters. The van der Waals surface area contributed by atoms with Gasteiger partial charge in [-0.3, -0.25) is 9.78 Å². The third-order valence-corrected chi connectivity index (χ3v) is 8.19. The molecule has 1 aliphatic heterocycles. The summed E-state index contributed by atoms with van der Waals surface area (Å²) in [4.78, 5) is 19.6. The summed E-state index contributed by atoms with van der Waals surface area (Å²) >= 11 is 8.09. The Kier molecular flexibility index (Phi) is 9.06. The van der Waals surface area contributed by atoms with Crippen molar-refractivity contribution in [3.8, 4) is 5.75 Å². The summed E-state index contributed by atoms with van der Waals surface area (Å²) in [5.41, 5.74) is 8.22. The number of aliphatic carboxylic acids is 1. The van der Waals surface area contributed by atoms with E-state index in [-0.39, 0.29) is 17.8 Å². The molecule has 192 valence electrons. The summed E-state index contributed by atoms with van der Waals surface area (Å²) in [5.74, 6) is 0.0618. The molecule has 6 nitrogen and oxygen atoms in total. The molecule has 3 aromatic rings.